The summed E-state index contributed by atoms with van der Waals surface area (Å²) in [5.74, 6) is -0.723. The van der Waals surface area contributed by atoms with Gasteiger partial charge in [0.25, 0.3) is 0 Å². The molecule has 0 unspecified atom stereocenters. The maximum atomic E-state index is 13.6. The van der Waals surface area contributed by atoms with Gasteiger partial charge in [-0.3, -0.25) is 0 Å². The smallest absolute Gasteiger partial charge is 0.406 e. The van der Waals surface area contributed by atoms with E-state index in [1.807, 2.05) is 0 Å². The van der Waals surface area contributed by atoms with Crippen molar-refractivity contribution in [1.82, 2.24) is 15.1 Å². The van der Waals surface area contributed by atoms with Crippen molar-refractivity contribution in [2.75, 3.05) is 6.54 Å². The van der Waals surface area contributed by atoms with E-state index in [1.165, 1.54) is 24.3 Å². The van der Waals surface area contributed by atoms with Crippen molar-refractivity contribution in [3.05, 3.63) is 75.0 Å². The second-order valence-corrected chi connectivity index (χ2v) is 7.33. The highest BCUT2D eigenvalue weighted by molar-refractivity contribution is 6.35. The molecule has 1 amide bonds. The number of amides is 1. The lowest BCUT2D eigenvalue weighted by Crippen LogP contribution is -2.29. The lowest BCUT2D eigenvalue weighted by atomic mass is 10.1. The molecular weight excluding hydrogens is 466 g/mol. The Bertz CT molecular complexity index is 1050. The molecule has 0 aliphatic carbocycles. The third-order valence-corrected chi connectivity index (χ3v) is 4.80. The Kier molecular flexibility index (Phi) is 6.80. The summed E-state index contributed by atoms with van der Waals surface area (Å²) >= 11 is 17.6. The average molecular weight is 479 g/mol. The van der Waals surface area contributed by atoms with E-state index < -0.39 is 23.7 Å². The van der Waals surface area contributed by atoms with Gasteiger partial charge < -0.3 is 10.1 Å². The quantitative estimate of drug-likeness (QED) is 0.476. The molecule has 0 radical (unpaired) electrons. The maximum absolute atomic E-state index is 13.6. The summed E-state index contributed by atoms with van der Waals surface area (Å²) in [6, 6.07) is 10.5. The van der Waals surface area contributed by atoms with Crippen LogP contribution in [0.3, 0.4) is 0 Å². The fourth-order valence-corrected chi connectivity index (χ4v) is 3.23. The first kappa shape index (κ1) is 22.3. The van der Waals surface area contributed by atoms with Crippen LogP contribution in [-0.4, -0.2) is 22.4 Å². The molecule has 2 aromatic carbocycles. The highest BCUT2D eigenvalue weighted by atomic mass is 35.5. The van der Waals surface area contributed by atoms with E-state index in [0.717, 1.165) is 6.20 Å². The lowest BCUT2D eigenvalue weighted by Gasteiger charge is -2.13. The van der Waals surface area contributed by atoms with Gasteiger partial charge in [0.2, 0.25) is 0 Å². The van der Waals surface area contributed by atoms with Crippen LogP contribution in [0.2, 0.25) is 15.1 Å². The Morgan fingerprint density at radius 1 is 1.07 bits per heavy atom. The van der Waals surface area contributed by atoms with E-state index in [0.29, 0.717) is 31.7 Å². The SMILES string of the molecule is O=C(NCCc1ccc(Cl)cc1Cl)Oc1cnn(-c2ccc(Cl)cc2)c1C(F)(F)F. The Morgan fingerprint density at radius 2 is 1.73 bits per heavy atom. The van der Waals surface area contributed by atoms with Crippen molar-refractivity contribution in [1.29, 1.82) is 0 Å². The number of carbonyl (C=O) groups excluding carboxylic acids is 1. The van der Waals surface area contributed by atoms with E-state index in [9.17, 15) is 18.0 Å². The lowest BCUT2D eigenvalue weighted by molar-refractivity contribution is -0.143. The first-order chi connectivity index (χ1) is 14.1. The number of hydrogen-bond acceptors (Lipinski definition) is 3. The molecule has 0 atom stereocenters. The maximum Gasteiger partial charge on any atom is 0.437 e. The molecule has 0 aliphatic heterocycles. The molecule has 0 aliphatic rings. The van der Waals surface area contributed by atoms with Crippen molar-refractivity contribution in [2.24, 2.45) is 0 Å². The van der Waals surface area contributed by atoms with E-state index in [2.05, 4.69) is 10.4 Å². The number of aromatic nitrogens is 2. The van der Waals surface area contributed by atoms with Gasteiger partial charge in [0, 0.05) is 21.6 Å². The molecule has 11 heteroatoms. The van der Waals surface area contributed by atoms with Gasteiger partial charge in [-0.05, 0) is 48.4 Å². The van der Waals surface area contributed by atoms with E-state index in [-0.39, 0.29) is 12.2 Å². The summed E-state index contributed by atoms with van der Waals surface area (Å²) in [5.41, 5.74) is -0.395. The van der Waals surface area contributed by atoms with Gasteiger partial charge in [-0.1, -0.05) is 40.9 Å². The largest absolute Gasteiger partial charge is 0.437 e. The molecular formula is C19H13Cl3F3N3O2. The molecule has 0 bridgehead atoms. The predicted molar refractivity (Wildman–Crippen MR) is 108 cm³/mol. The van der Waals surface area contributed by atoms with Crippen LogP contribution in [0, 0.1) is 0 Å². The molecule has 3 rings (SSSR count). The molecule has 0 fully saturated rings. The molecule has 1 N–H and O–H groups in total. The number of halogens is 6. The Balaban J connectivity index is 1.71. The molecule has 0 saturated carbocycles. The monoisotopic (exact) mass is 477 g/mol. The molecule has 1 aromatic heterocycles. The zero-order valence-electron chi connectivity index (χ0n) is 15.0. The molecule has 158 valence electrons. The molecule has 3 aromatic rings. The van der Waals surface area contributed by atoms with E-state index in [4.69, 9.17) is 39.5 Å². The minimum absolute atomic E-state index is 0.0901. The first-order valence-corrected chi connectivity index (χ1v) is 9.59. The summed E-state index contributed by atoms with van der Waals surface area (Å²) in [6.45, 7) is 0.0901. The Hall–Kier alpha value is -2.42. The molecule has 0 saturated heterocycles. The van der Waals surface area contributed by atoms with Gasteiger partial charge in [0.15, 0.2) is 11.4 Å². The number of nitrogens with zero attached hydrogens (tertiary/aromatic N) is 2. The van der Waals surface area contributed by atoms with Gasteiger partial charge in [0.05, 0.1) is 11.9 Å². The van der Waals surface area contributed by atoms with Crippen LogP contribution in [0.5, 0.6) is 5.75 Å². The number of hydrogen-bond donors (Lipinski definition) is 1. The van der Waals surface area contributed by atoms with Gasteiger partial charge in [0.1, 0.15) is 0 Å². The van der Waals surface area contributed by atoms with Crippen LogP contribution in [0.1, 0.15) is 11.3 Å². The fourth-order valence-electron chi connectivity index (χ4n) is 2.61. The van der Waals surface area contributed by atoms with Crippen LogP contribution in [-0.2, 0) is 12.6 Å². The highest BCUT2D eigenvalue weighted by Gasteiger charge is 2.40. The molecule has 30 heavy (non-hydrogen) atoms. The standard InChI is InChI=1S/C19H13Cl3F3N3O2/c20-12-3-5-14(6-4-12)28-17(19(23,24)25)16(10-27-28)30-18(29)26-8-7-11-1-2-13(21)9-15(11)22/h1-6,9-10H,7-8H2,(H,26,29). The minimum atomic E-state index is -4.82. The molecule has 5 nitrogen and oxygen atoms in total. The third kappa shape index (κ3) is 5.38. The van der Waals surface area contributed by atoms with Crippen LogP contribution < -0.4 is 10.1 Å². The Labute approximate surface area is 184 Å². The molecule has 1 heterocycles. The topological polar surface area (TPSA) is 56.1 Å². The van der Waals surface area contributed by atoms with Crippen LogP contribution >= 0.6 is 34.8 Å². The van der Waals surface area contributed by atoms with Gasteiger partial charge in [-0.2, -0.15) is 18.3 Å². The predicted octanol–water partition coefficient (Wildman–Crippen LogP) is 6.18. The van der Waals surface area contributed by atoms with Gasteiger partial charge in [-0.15, -0.1) is 0 Å². The third-order valence-electron chi connectivity index (χ3n) is 3.96. The number of nitrogens with one attached hydrogen (secondary N) is 1. The second kappa shape index (κ2) is 9.16. The van der Waals surface area contributed by atoms with Crippen LogP contribution in [0.4, 0.5) is 18.0 Å². The molecule has 0 spiro atoms. The summed E-state index contributed by atoms with van der Waals surface area (Å²) in [6.07, 6.45) is -4.71. The van der Waals surface area contributed by atoms with Gasteiger partial charge >= 0.3 is 12.3 Å². The van der Waals surface area contributed by atoms with Crippen molar-refractivity contribution >= 4 is 40.9 Å². The highest BCUT2D eigenvalue weighted by Crippen LogP contribution is 2.37. The zero-order chi connectivity index (χ0) is 21.9. The first-order valence-electron chi connectivity index (χ1n) is 8.46. The zero-order valence-corrected chi connectivity index (χ0v) is 17.3. The summed E-state index contributed by atoms with van der Waals surface area (Å²) in [7, 11) is 0. The normalized spacial score (nSPS) is 11.4. The van der Waals surface area contributed by atoms with Crippen LogP contribution in [0.25, 0.3) is 5.69 Å². The number of alkyl halides is 3. The number of carbonyl (C=O) groups is 1. The minimum Gasteiger partial charge on any atom is -0.406 e. The average Bonchev–Trinajstić information content (AvgIpc) is 3.08. The Morgan fingerprint density at radius 3 is 2.37 bits per heavy atom. The van der Waals surface area contributed by atoms with Crippen molar-refractivity contribution in [3.63, 3.8) is 0 Å². The van der Waals surface area contributed by atoms with Gasteiger partial charge in [-0.25, -0.2) is 9.48 Å². The van der Waals surface area contributed by atoms with Crippen molar-refractivity contribution in [3.8, 4) is 11.4 Å². The van der Waals surface area contributed by atoms with Crippen molar-refractivity contribution in [2.45, 2.75) is 12.6 Å². The summed E-state index contributed by atoms with van der Waals surface area (Å²) in [5, 5.41) is 7.33. The van der Waals surface area contributed by atoms with Crippen LogP contribution in [0.15, 0.2) is 48.7 Å². The van der Waals surface area contributed by atoms with Crippen molar-refractivity contribution < 1.29 is 22.7 Å². The van der Waals surface area contributed by atoms with E-state index >= 15 is 0 Å². The summed E-state index contributed by atoms with van der Waals surface area (Å²) < 4.78 is 46.2. The summed E-state index contributed by atoms with van der Waals surface area (Å²) in [4.78, 5) is 12.0. The number of benzene rings is 2. The number of ether oxygens (including phenoxy) is 1. The number of rotatable bonds is 5. The second-order valence-electron chi connectivity index (χ2n) is 6.05. The fraction of sp³-hybridized carbons (Fsp3) is 0.158. The van der Waals surface area contributed by atoms with E-state index in [1.54, 1.807) is 18.2 Å².